The van der Waals surface area contributed by atoms with E-state index in [2.05, 4.69) is 49.9 Å². The number of anilines is 1. The SMILES string of the molecule is CCC(C)N(CC)c1nc2ccccc2cc1CCN. The minimum absolute atomic E-state index is 0.491. The van der Waals surface area contributed by atoms with Gasteiger partial charge in [0, 0.05) is 18.0 Å². The summed E-state index contributed by atoms with van der Waals surface area (Å²) < 4.78 is 0. The van der Waals surface area contributed by atoms with Crippen LogP contribution in [0.5, 0.6) is 0 Å². The van der Waals surface area contributed by atoms with Crippen molar-refractivity contribution >= 4 is 16.7 Å². The fraction of sp³-hybridized carbons (Fsp3) is 0.471. The zero-order valence-electron chi connectivity index (χ0n) is 12.8. The molecule has 2 rings (SSSR count). The maximum absolute atomic E-state index is 5.78. The molecule has 1 unspecified atom stereocenters. The third-order valence-corrected chi connectivity index (χ3v) is 3.93. The van der Waals surface area contributed by atoms with Crippen LogP contribution in [0.3, 0.4) is 0 Å². The van der Waals surface area contributed by atoms with E-state index in [1.165, 1.54) is 10.9 Å². The number of rotatable bonds is 6. The summed E-state index contributed by atoms with van der Waals surface area (Å²) in [5.74, 6) is 1.10. The first-order valence-electron chi connectivity index (χ1n) is 7.56. The van der Waals surface area contributed by atoms with E-state index < -0.39 is 0 Å². The van der Waals surface area contributed by atoms with Crippen molar-refractivity contribution in [3.05, 3.63) is 35.9 Å². The molecule has 0 bridgehead atoms. The highest BCUT2D eigenvalue weighted by molar-refractivity contribution is 5.81. The number of nitrogens with zero attached hydrogens (tertiary/aromatic N) is 2. The van der Waals surface area contributed by atoms with Crippen LogP contribution in [0.4, 0.5) is 5.82 Å². The fourth-order valence-corrected chi connectivity index (χ4v) is 2.63. The van der Waals surface area contributed by atoms with Crippen molar-refractivity contribution in [3.63, 3.8) is 0 Å². The molecule has 108 valence electrons. The Kier molecular flexibility index (Phi) is 4.96. The van der Waals surface area contributed by atoms with Gasteiger partial charge in [-0.1, -0.05) is 25.1 Å². The van der Waals surface area contributed by atoms with Crippen molar-refractivity contribution in [1.29, 1.82) is 0 Å². The lowest BCUT2D eigenvalue weighted by Gasteiger charge is -2.30. The highest BCUT2D eigenvalue weighted by Gasteiger charge is 2.16. The minimum atomic E-state index is 0.491. The molecule has 0 saturated carbocycles. The molecule has 20 heavy (non-hydrogen) atoms. The number of aromatic nitrogens is 1. The van der Waals surface area contributed by atoms with Gasteiger partial charge in [-0.25, -0.2) is 4.98 Å². The first-order chi connectivity index (χ1) is 9.71. The Hall–Kier alpha value is -1.61. The number of pyridine rings is 1. The normalized spacial score (nSPS) is 12.6. The smallest absolute Gasteiger partial charge is 0.132 e. The Bertz CT molecular complexity index is 565. The maximum Gasteiger partial charge on any atom is 0.132 e. The second-order valence-corrected chi connectivity index (χ2v) is 5.25. The Morgan fingerprint density at radius 3 is 2.65 bits per heavy atom. The second-order valence-electron chi connectivity index (χ2n) is 5.25. The largest absolute Gasteiger partial charge is 0.354 e. The van der Waals surface area contributed by atoms with Crippen molar-refractivity contribution < 1.29 is 0 Å². The Morgan fingerprint density at radius 1 is 1.25 bits per heavy atom. The quantitative estimate of drug-likeness (QED) is 0.876. The second kappa shape index (κ2) is 6.71. The van der Waals surface area contributed by atoms with Crippen molar-refractivity contribution in [3.8, 4) is 0 Å². The predicted octanol–water partition coefficient (Wildman–Crippen LogP) is 3.36. The van der Waals surface area contributed by atoms with Crippen LogP contribution in [0.1, 0.15) is 32.8 Å². The topological polar surface area (TPSA) is 42.2 Å². The van der Waals surface area contributed by atoms with E-state index >= 15 is 0 Å². The Labute approximate surface area is 121 Å². The maximum atomic E-state index is 5.78. The molecule has 1 aromatic heterocycles. The summed E-state index contributed by atoms with van der Waals surface area (Å²) in [6.07, 6.45) is 1.99. The molecule has 1 aromatic carbocycles. The molecule has 0 amide bonds. The molecule has 2 N–H and O–H groups in total. The van der Waals surface area contributed by atoms with Crippen LogP contribution in [0.2, 0.25) is 0 Å². The Morgan fingerprint density at radius 2 is 2.00 bits per heavy atom. The van der Waals surface area contributed by atoms with Crippen LogP contribution in [-0.2, 0) is 6.42 Å². The summed E-state index contributed by atoms with van der Waals surface area (Å²) in [6, 6.07) is 11.0. The molecule has 0 fully saturated rings. The van der Waals surface area contributed by atoms with Gasteiger partial charge in [-0.3, -0.25) is 0 Å². The molecule has 0 aliphatic rings. The third kappa shape index (κ3) is 2.93. The van der Waals surface area contributed by atoms with Gasteiger partial charge < -0.3 is 10.6 Å². The number of fused-ring (bicyclic) bond motifs is 1. The van der Waals surface area contributed by atoms with E-state index in [-0.39, 0.29) is 0 Å². The van der Waals surface area contributed by atoms with Crippen LogP contribution < -0.4 is 10.6 Å². The number of hydrogen-bond donors (Lipinski definition) is 1. The number of hydrogen-bond acceptors (Lipinski definition) is 3. The van der Waals surface area contributed by atoms with Crippen molar-refractivity contribution in [2.75, 3.05) is 18.0 Å². The number of para-hydroxylation sites is 1. The van der Waals surface area contributed by atoms with E-state index in [1.807, 2.05) is 6.07 Å². The molecule has 0 aliphatic heterocycles. The first-order valence-corrected chi connectivity index (χ1v) is 7.56. The van der Waals surface area contributed by atoms with Gasteiger partial charge >= 0.3 is 0 Å². The minimum Gasteiger partial charge on any atom is -0.354 e. The molecule has 1 atom stereocenters. The monoisotopic (exact) mass is 271 g/mol. The van der Waals surface area contributed by atoms with Gasteiger partial charge in [0.15, 0.2) is 0 Å². The molecule has 3 heteroatoms. The van der Waals surface area contributed by atoms with Crippen molar-refractivity contribution in [1.82, 2.24) is 4.98 Å². The molecule has 3 nitrogen and oxygen atoms in total. The van der Waals surface area contributed by atoms with E-state index in [9.17, 15) is 0 Å². The summed E-state index contributed by atoms with van der Waals surface area (Å²) in [5, 5.41) is 1.19. The molecule has 0 radical (unpaired) electrons. The number of benzene rings is 1. The van der Waals surface area contributed by atoms with Crippen LogP contribution in [0.25, 0.3) is 10.9 Å². The van der Waals surface area contributed by atoms with E-state index in [0.717, 1.165) is 30.7 Å². The summed E-state index contributed by atoms with van der Waals surface area (Å²) in [5.41, 5.74) is 8.10. The lowest BCUT2D eigenvalue weighted by Crippen LogP contribution is -2.34. The van der Waals surface area contributed by atoms with E-state index in [0.29, 0.717) is 12.6 Å². The van der Waals surface area contributed by atoms with Gasteiger partial charge in [0.1, 0.15) is 5.82 Å². The average molecular weight is 271 g/mol. The van der Waals surface area contributed by atoms with Crippen molar-refractivity contribution in [2.24, 2.45) is 5.73 Å². The van der Waals surface area contributed by atoms with Gasteiger partial charge in [0.25, 0.3) is 0 Å². The van der Waals surface area contributed by atoms with Gasteiger partial charge in [0.2, 0.25) is 0 Å². The van der Waals surface area contributed by atoms with Crippen LogP contribution in [-0.4, -0.2) is 24.1 Å². The zero-order valence-corrected chi connectivity index (χ0v) is 12.8. The predicted molar refractivity (Wildman–Crippen MR) is 87.3 cm³/mol. The third-order valence-electron chi connectivity index (χ3n) is 3.93. The summed E-state index contributed by atoms with van der Waals surface area (Å²) in [7, 11) is 0. The molecular weight excluding hydrogens is 246 g/mol. The molecule has 0 spiro atoms. The lowest BCUT2D eigenvalue weighted by atomic mass is 10.1. The van der Waals surface area contributed by atoms with Crippen LogP contribution in [0.15, 0.2) is 30.3 Å². The highest BCUT2D eigenvalue weighted by Crippen LogP contribution is 2.26. The lowest BCUT2D eigenvalue weighted by molar-refractivity contribution is 0.621. The standard InChI is InChI=1S/C17H25N3/c1-4-13(3)20(5-2)17-15(10-11-18)12-14-8-6-7-9-16(14)19-17/h6-9,12-13H,4-5,10-11,18H2,1-3H3. The van der Waals surface area contributed by atoms with Crippen LogP contribution >= 0.6 is 0 Å². The molecular formula is C17H25N3. The Balaban J connectivity index is 2.55. The highest BCUT2D eigenvalue weighted by atomic mass is 15.2. The first kappa shape index (κ1) is 14.8. The molecule has 0 aliphatic carbocycles. The van der Waals surface area contributed by atoms with Gasteiger partial charge in [-0.15, -0.1) is 0 Å². The van der Waals surface area contributed by atoms with Gasteiger partial charge in [-0.2, -0.15) is 0 Å². The van der Waals surface area contributed by atoms with Crippen LogP contribution in [0, 0.1) is 0 Å². The summed E-state index contributed by atoms with van der Waals surface area (Å²) in [4.78, 5) is 7.29. The van der Waals surface area contributed by atoms with Gasteiger partial charge in [-0.05, 0) is 50.9 Å². The van der Waals surface area contributed by atoms with E-state index in [4.69, 9.17) is 10.7 Å². The molecule has 2 aromatic rings. The summed E-state index contributed by atoms with van der Waals surface area (Å²) >= 11 is 0. The average Bonchev–Trinajstić information content (AvgIpc) is 2.48. The molecule has 1 heterocycles. The molecule has 0 saturated heterocycles. The van der Waals surface area contributed by atoms with Gasteiger partial charge in [0.05, 0.1) is 5.52 Å². The summed E-state index contributed by atoms with van der Waals surface area (Å²) in [6.45, 7) is 8.29. The van der Waals surface area contributed by atoms with Crippen molar-refractivity contribution in [2.45, 2.75) is 39.7 Å². The van der Waals surface area contributed by atoms with E-state index in [1.54, 1.807) is 0 Å². The number of nitrogens with two attached hydrogens (primary N) is 1. The fourth-order valence-electron chi connectivity index (χ4n) is 2.63. The zero-order chi connectivity index (χ0) is 14.5.